The monoisotopic (exact) mass is 393 g/mol. The second kappa shape index (κ2) is 9.37. The van der Waals surface area contributed by atoms with E-state index in [2.05, 4.69) is 9.97 Å². The molecule has 3 rings (SSSR count). The molecule has 0 saturated carbocycles. The summed E-state index contributed by atoms with van der Waals surface area (Å²) in [6, 6.07) is 19.4. The van der Waals surface area contributed by atoms with Gasteiger partial charge in [-0.2, -0.15) is 0 Å². The van der Waals surface area contributed by atoms with E-state index in [0.29, 0.717) is 11.7 Å². The van der Waals surface area contributed by atoms with Crippen molar-refractivity contribution in [3.05, 3.63) is 66.4 Å². The number of aromatic nitrogens is 2. The Hall–Kier alpha value is -2.86. The van der Waals surface area contributed by atoms with Crippen molar-refractivity contribution in [3.8, 4) is 17.0 Å². The molecule has 0 aliphatic rings. The lowest BCUT2D eigenvalue weighted by atomic mass is 10.1. The third kappa shape index (κ3) is 4.89. The van der Waals surface area contributed by atoms with Crippen molar-refractivity contribution in [2.24, 2.45) is 0 Å². The molecule has 0 spiro atoms. The summed E-state index contributed by atoms with van der Waals surface area (Å²) in [6.07, 6.45) is 0. The molecule has 0 unspecified atom stereocenters. The number of hydrogen-bond donors (Lipinski definition) is 0. The summed E-state index contributed by atoms with van der Waals surface area (Å²) < 4.78 is 5.21. The highest BCUT2D eigenvalue weighted by Gasteiger charge is 2.15. The molecule has 0 aliphatic carbocycles. The van der Waals surface area contributed by atoms with E-state index in [1.165, 1.54) is 11.8 Å². The van der Waals surface area contributed by atoms with Crippen LogP contribution in [-0.4, -0.2) is 35.3 Å². The average Bonchev–Trinajstić information content (AvgIpc) is 2.73. The van der Waals surface area contributed by atoms with Gasteiger partial charge in [-0.1, -0.05) is 30.0 Å². The van der Waals surface area contributed by atoms with Gasteiger partial charge >= 0.3 is 0 Å². The molecule has 0 bridgehead atoms. The number of amides is 1. The minimum Gasteiger partial charge on any atom is -0.497 e. The summed E-state index contributed by atoms with van der Waals surface area (Å²) in [5.41, 5.74) is 3.59. The molecular formula is C22H23N3O2S. The molecule has 6 heteroatoms. The van der Waals surface area contributed by atoms with Gasteiger partial charge in [0, 0.05) is 23.5 Å². The summed E-state index contributed by atoms with van der Waals surface area (Å²) in [5, 5.41) is 0.600. The molecule has 0 atom stereocenters. The molecule has 0 aliphatic heterocycles. The van der Waals surface area contributed by atoms with Crippen LogP contribution in [0.4, 0.5) is 5.69 Å². The summed E-state index contributed by atoms with van der Waals surface area (Å²) in [4.78, 5) is 23.6. The van der Waals surface area contributed by atoms with E-state index >= 15 is 0 Å². The Morgan fingerprint density at radius 1 is 1.07 bits per heavy atom. The fourth-order valence-corrected chi connectivity index (χ4v) is 3.61. The number of thioether (sulfide) groups is 1. The lowest BCUT2D eigenvalue weighted by Gasteiger charge is -2.20. The molecule has 0 N–H and O–H groups in total. The number of nitrogens with zero attached hydrogens (tertiary/aromatic N) is 3. The Morgan fingerprint density at radius 3 is 2.43 bits per heavy atom. The minimum absolute atomic E-state index is 0.0369. The van der Waals surface area contributed by atoms with E-state index in [1.54, 1.807) is 12.0 Å². The van der Waals surface area contributed by atoms with Gasteiger partial charge in [0.15, 0.2) is 5.16 Å². The van der Waals surface area contributed by atoms with Crippen LogP contribution in [0.25, 0.3) is 11.3 Å². The van der Waals surface area contributed by atoms with Gasteiger partial charge in [-0.3, -0.25) is 4.79 Å². The zero-order valence-corrected chi connectivity index (χ0v) is 17.1. The molecule has 2 aromatic carbocycles. The first-order valence-electron chi connectivity index (χ1n) is 9.09. The number of methoxy groups -OCH3 is 1. The molecule has 144 valence electrons. The summed E-state index contributed by atoms with van der Waals surface area (Å²) in [7, 11) is 1.64. The lowest BCUT2D eigenvalue weighted by Crippen LogP contribution is -2.32. The van der Waals surface area contributed by atoms with E-state index in [0.717, 1.165) is 28.4 Å². The van der Waals surface area contributed by atoms with Gasteiger partial charge in [-0.15, -0.1) is 0 Å². The van der Waals surface area contributed by atoms with Crippen LogP contribution in [-0.2, 0) is 4.79 Å². The van der Waals surface area contributed by atoms with E-state index in [-0.39, 0.29) is 11.7 Å². The van der Waals surface area contributed by atoms with Crippen molar-refractivity contribution < 1.29 is 9.53 Å². The molecule has 5 nitrogen and oxygen atoms in total. The van der Waals surface area contributed by atoms with E-state index < -0.39 is 0 Å². The van der Waals surface area contributed by atoms with Crippen molar-refractivity contribution in [2.45, 2.75) is 19.0 Å². The van der Waals surface area contributed by atoms with Crippen LogP contribution in [0.3, 0.4) is 0 Å². The summed E-state index contributed by atoms with van der Waals surface area (Å²) >= 11 is 1.36. The SMILES string of the molecule is CCN(C(=O)CSc1nc(C)cc(-c2ccc(OC)cc2)n1)c1ccccc1. The number of aryl methyl sites for hydroxylation is 1. The fraction of sp³-hybridized carbons (Fsp3) is 0.227. The Bertz CT molecular complexity index is 930. The van der Waals surface area contributed by atoms with E-state index in [1.807, 2.05) is 74.5 Å². The van der Waals surface area contributed by atoms with Gasteiger partial charge in [0.1, 0.15) is 5.75 Å². The van der Waals surface area contributed by atoms with Gasteiger partial charge in [0.05, 0.1) is 18.6 Å². The van der Waals surface area contributed by atoms with Crippen LogP contribution >= 0.6 is 11.8 Å². The maximum Gasteiger partial charge on any atom is 0.237 e. The molecule has 3 aromatic rings. The molecule has 1 amide bonds. The van der Waals surface area contributed by atoms with E-state index in [9.17, 15) is 4.79 Å². The van der Waals surface area contributed by atoms with Crippen LogP contribution in [0.5, 0.6) is 5.75 Å². The smallest absolute Gasteiger partial charge is 0.237 e. The molecule has 0 saturated heterocycles. The topological polar surface area (TPSA) is 55.3 Å². The number of rotatable bonds is 7. The van der Waals surface area contributed by atoms with Gasteiger partial charge in [0.25, 0.3) is 0 Å². The van der Waals surface area contributed by atoms with Gasteiger partial charge in [0.2, 0.25) is 5.91 Å². The zero-order chi connectivity index (χ0) is 19.9. The number of anilines is 1. The van der Waals surface area contributed by atoms with Crippen molar-refractivity contribution >= 4 is 23.4 Å². The van der Waals surface area contributed by atoms with Gasteiger partial charge in [-0.25, -0.2) is 9.97 Å². The first-order valence-corrected chi connectivity index (χ1v) is 10.1. The van der Waals surface area contributed by atoms with Crippen LogP contribution in [0, 0.1) is 6.92 Å². The Kier molecular flexibility index (Phi) is 6.66. The Balaban J connectivity index is 1.73. The Labute approximate surface area is 169 Å². The van der Waals surface area contributed by atoms with Crippen molar-refractivity contribution in [2.75, 3.05) is 24.3 Å². The number of hydrogen-bond acceptors (Lipinski definition) is 5. The van der Waals surface area contributed by atoms with Crippen LogP contribution in [0.15, 0.2) is 65.8 Å². The van der Waals surface area contributed by atoms with E-state index in [4.69, 9.17) is 4.74 Å². The third-order valence-electron chi connectivity index (χ3n) is 4.23. The number of carbonyl (C=O) groups excluding carboxylic acids is 1. The predicted molar refractivity (Wildman–Crippen MR) is 114 cm³/mol. The quantitative estimate of drug-likeness (QED) is 0.433. The predicted octanol–water partition coefficient (Wildman–Crippen LogP) is 4.61. The second-order valence-electron chi connectivity index (χ2n) is 6.17. The van der Waals surface area contributed by atoms with Crippen molar-refractivity contribution in [3.63, 3.8) is 0 Å². The van der Waals surface area contributed by atoms with Gasteiger partial charge in [-0.05, 0) is 56.3 Å². The first-order chi connectivity index (χ1) is 13.6. The van der Waals surface area contributed by atoms with Gasteiger partial charge < -0.3 is 9.64 Å². The number of carbonyl (C=O) groups is 1. The minimum atomic E-state index is 0.0369. The fourth-order valence-electron chi connectivity index (χ4n) is 2.83. The maximum atomic E-state index is 12.7. The van der Waals surface area contributed by atoms with Crippen LogP contribution in [0.1, 0.15) is 12.6 Å². The van der Waals surface area contributed by atoms with Crippen LogP contribution < -0.4 is 9.64 Å². The molecule has 1 heterocycles. The first kappa shape index (κ1) is 19.9. The standard InChI is InChI=1S/C22H23N3O2S/c1-4-25(18-8-6-5-7-9-18)21(26)15-28-22-23-16(2)14-20(24-22)17-10-12-19(27-3)13-11-17/h5-14H,4,15H2,1-3H3. The summed E-state index contributed by atoms with van der Waals surface area (Å²) in [5.74, 6) is 1.12. The third-order valence-corrected chi connectivity index (χ3v) is 5.06. The summed E-state index contributed by atoms with van der Waals surface area (Å²) in [6.45, 7) is 4.53. The highest BCUT2D eigenvalue weighted by atomic mass is 32.2. The maximum absolute atomic E-state index is 12.7. The zero-order valence-electron chi connectivity index (χ0n) is 16.3. The molecule has 28 heavy (non-hydrogen) atoms. The van der Waals surface area contributed by atoms with Crippen molar-refractivity contribution in [1.82, 2.24) is 9.97 Å². The molecule has 1 aromatic heterocycles. The molecule has 0 fully saturated rings. The second-order valence-corrected chi connectivity index (χ2v) is 7.11. The highest BCUT2D eigenvalue weighted by molar-refractivity contribution is 7.99. The normalized spacial score (nSPS) is 10.5. The largest absolute Gasteiger partial charge is 0.497 e. The number of benzene rings is 2. The molecule has 0 radical (unpaired) electrons. The number of para-hydroxylation sites is 1. The number of ether oxygens (including phenoxy) is 1. The molecular weight excluding hydrogens is 370 g/mol. The van der Waals surface area contributed by atoms with Crippen molar-refractivity contribution in [1.29, 1.82) is 0 Å². The average molecular weight is 394 g/mol. The Morgan fingerprint density at radius 2 is 1.79 bits per heavy atom. The highest BCUT2D eigenvalue weighted by Crippen LogP contribution is 2.24. The van der Waals surface area contributed by atoms with Crippen LogP contribution in [0.2, 0.25) is 0 Å². The lowest BCUT2D eigenvalue weighted by molar-refractivity contribution is -0.116.